The third-order valence-corrected chi connectivity index (χ3v) is 4.48. The van der Waals surface area contributed by atoms with Crippen molar-refractivity contribution in [1.82, 2.24) is 10.4 Å². The van der Waals surface area contributed by atoms with Crippen LogP contribution in [0.4, 0.5) is 0 Å². The summed E-state index contributed by atoms with van der Waals surface area (Å²) in [5.74, 6) is -3.87. The summed E-state index contributed by atoms with van der Waals surface area (Å²) in [7, 11) is -4.78. The smallest absolute Gasteiger partial charge is 0.343 e. The Morgan fingerprint density at radius 1 is 1.38 bits per heavy atom. The van der Waals surface area contributed by atoms with Crippen LogP contribution in [0.15, 0.2) is 0 Å². The largest absolute Gasteiger partial charge is 0.355 e. The van der Waals surface area contributed by atoms with E-state index in [2.05, 4.69) is 10.2 Å². The molecule has 0 radical (unpaired) electrons. The molecule has 136 valence electrons. The summed E-state index contributed by atoms with van der Waals surface area (Å²) in [4.78, 5) is 51.7. The summed E-state index contributed by atoms with van der Waals surface area (Å²) in [5, 5.41) is 0.453. The van der Waals surface area contributed by atoms with E-state index in [0.29, 0.717) is 6.42 Å². The SMILES string of the molecule is CCCCC(NC(=O)CC)C(=O)ON1C(=O)CC(S(=O)(=O)O)C1=O. The summed E-state index contributed by atoms with van der Waals surface area (Å²) >= 11 is 0. The number of hydrogen-bond acceptors (Lipinski definition) is 7. The van der Waals surface area contributed by atoms with Gasteiger partial charge < -0.3 is 10.2 Å². The highest BCUT2D eigenvalue weighted by Gasteiger charge is 2.48. The highest BCUT2D eigenvalue weighted by molar-refractivity contribution is 7.87. The zero-order chi connectivity index (χ0) is 18.5. The van der Waals surface area contributed by atoms with Crippen molar-refractivity contribution in [1.29, 1.82) is 0 Å². The Labute approximate surface area is 139 Å². The topological polar surface area (TPSA) is 147 Å². The summed E-state index contributed by atoms with van der Waals surface area (Å²) in [6.07, 6.45) is 0.866. The molecule has 0 aliphatic carbocycles. The molecular formula is C13H20N2O8S. The zero-order valence-corrected chi connectivity index (χ0v) is 14.2. The Hall–Kier alpha value is -2.01. The molecule has 1 heterocycles. The van der Waals surface area contributed by atoms with Crippen molar-refractivity contribution in [3.8, 4) is 0 Å². The van der Waals surface area contributed by atoms with Gasteiger partial charge in [-0.15, -0.1) is 5.06 Å². The van der Waals surface area contributed by atoms with Crippen LogP contribution < -0.4 is 5.32 Å². The number of hydroxylamine groups is 2. The number of nitrogens with zero attached hydrogens (tertiary/aromatic N) is 1. The number of amides is 3. The fourth-order valence-corrected chi connectivity index (χ4v) is 2.72. The molecule has 24 heavy (non-hydrogen) atoms. The number of carbonyl (C=O) groups excluding carboxylic acids is 4. The van der Waals surface area contributed by atoms with Crippen LogP contribution in [0.25, 0.3) is 0 Å². The molecule has 10 nitrogen and oxygen atoms in total. The van der Waals surface area contributed by atoms with Crippen LogP contribution in [0.5, 0.6) is 0 Å². The van der Waals surface area contributed by atoms with Crippen LogP contribution in [0, 0.1) is 0 Å². The summed E-state index contributed by atoms with van der Waals surface area (Å²) in [6, 6.07) is -1.07. The van der Waals surface area contributed by atoms with Crippen LogP contribution in [0.3, 0.4) is 0 Å². The second-order valence-electron chi connectivity index (χ2n) is 5.26. The fraction of sp³-hybridized carbons (Fsp3) is 0.692. The van der Waals surface area contributed by atoms with Crippen molar-refractivity contribution in [3.63, 3.8) is 0 Å². The lowest BCUT2D eigenvalue weighted by atomic mass is 10.1. The normalized spacial score (nSPS) is 19.3. The molecular weight excluding hydrogens is 344 g/mol. The number of imide groups is 1. The van der Waals surface area contributed by atoms with E-state index in [4.69, 9.17) is 4.55 Å². The Balaban J connectivity index is 2.84. The van der Waals surface area contributed by atoms with Gasteiger partial charge in [-0.2, -0.15) is 8.42 Å². The van der Waals surface area contributed by atoms with Gasteiger partial charge in [-0.05, 0) is 6.42 Å². The Kier molecular flexibility index (Phi) is 6.84. The molecule has 1 saturated heterocycles. The first kappa shape index (κ1) is 20.0. The van der Waals surface area contributed by atoms with E-state index in [9.17, 15) is 27.6 Å². The van der Waals surface area contributed by atoms with Crippen molar-refractivity contribution in [3.05, 3.63) is 0 Å². The predicted molar refractivity (Wildman–Crippen MR) is 79.6 cm³/mol. The van der Waals surface area contributed by atoms with Crippen LogP contribution in [-0.2, 0) is 34.1 Å². The van der Waals surface area contributed by atoms with E-state index in [1.54, 1.807) is 6.92 Å². The van der Waals surface area contributed by atoms with Gasteiger partial charge in [0.2, 0.25) is 5.91 Å². The average Bonchev–Trinajstić information content (AvgIpc) is 2.79. The number of rotatable bonds is 8. The van der Waals surface area contributed by atoms with E-state index in [1.165, 1.54) is 0 Å². The number of carbonyl (C=O) groups is 4. The summed E-state index contributed by atoms with van der Waals surface area (Å²) < 4.78 is 31.0. The second kappa shape index (κ2) is 8.20. The highest BCUT2D eigenvalue weighted by Crippen LogP contribution is 2.20. The maximum absolute atomic E-state index is 12.1. The minimum atomic E-state index is -4.78. The van der Waals surface area contributed by atoms with Gasteiger partial charge in [-0.25, -0.2) is 4.79 Å². The van der Waals surface area contributed by atoms with E-state index >= 15 is 0 Å². The standard InChI is InChI=1S/C13H20N2O8S/c1-3-5-6-8(14-10(16)4-2)13(19)23-15-11(17)7-9(12(15)18)24(20,21)22/h8-9H,3-7H2,1-2H3,(H,14,16)(H,20,21,22). The lowest BCUT2D eigenvalue weighted by Crippen LogP contribution is -2.46. The van der Waals surface area contributed by atoms with Gasteiger partial charge in [0.1, 0.15) is 6.04 Å². The van der Waals surface area contributed by atoms with E-state index in [0.717, 1.165) is 6.42 Å². The van der Waals surface area contributed by atoms with Crippen molar-refractivity contribution in [2.24, 2.45) is 0 Å². The van der Waals surface area contributed by atoms with Crippen molar-refractivity contribution in [2.75, 3.05) is 0 Å². The maximum atomic E-state index is 12.1. The van der Waals surface area contributed by atoms with Gasteiger partial charge in [0.15, 0.2) is 5.25 Å². The lowest BCUT2D eigenvalue weighted by molar-refractivity contribution is -0.199. The first-order valence-corrected chi connectivity index (χ1v) is 8.96. The minimum Gasteiger partial charge on any atom is -0.343 e. The van der Waals surface area contributed by atoms with Gasteiger partial charge >= 0.3 is 5.97 Å². The molecule has 1 aliphatic heterocycles. The first-order chi connectivity index (χ1) is 11.1. The van der Waals surface area contributed by atoms with E-state index in [1.807, 2.05) is 6.92 Å². The zero-order valence-electron chi connectivity index (χ0n) is 13.4. The molecule has 2 atom stereocenters. The second-order valence-corrected chi connectivity index (χ2v) is 6.86. The molecule has 11 heteroatoms. The molecule has 1 aliphatic rings. The van der Waals surface area contributed by atoms with Crippen LogP contribution >= 0.6 is 0 Å². The highest BCUT2D eigenvalue weighted by atomic mass is 32.2. The van der Waals surface area contributed by atoms with Gasteiger partial charge in [-0.3, -0.25) is 18.9 Å². The molecule has 0 saturated carbocycles. The quantitative estimate of drug-likeness (QED) is 0.434. The third kappa shape index (κ3) is 4.99. The predicted octanol–water partition coefficient (Wildman–Crippen LogP) is -0.455. The molecule has 1 rings (SSSR count). The van der Waals surface area contributed by atoms with Gasteiger partial charge in [0.05, 0.1) is 6.42 Å². The summed E-state index contributed by atoms with van der Waals surface area (Å²) in [5.41, 5.74) is 0. The number of unbranched alkanes of at least 4 members (excludes halogenated alkanes) is 1. The molecule has 0 bridgehead atoms. The molecule has 2 unspecified atom stereocenters. The molecule has 0 aromatic carbocycles. The van der Waals surface area contributed by atoms with Gasteiger partial charge in [-0.1, -0.05) is 26.7 Å². The maximum Gasteiger partial charge on any atom is 0.355 e. The number of nitrogens with one attached hydrogen (secondary N) is 1. The monoisotopic (exact) mass is 364 g/mol. The van der Waals surface area contributed by atoms with Crippen molar-refractivity contribution in [2.45, 2.75) is 57.2 Å². The third-order valence-electron chi connectivity index (χ3n) is 3.39. The lowest BCUT2D eigenvalue weighted by Gasteiger charge is -2.20. The van der Waals surface area contributed by atoms with Crippen molar-refractivity contribution < 1.29 is 37.0 Å². The van der Waals surface area contributed by atoms with Gasteiger partial charge in [0, 0.05) is 6.42 Å². The van der Waals surface area contributed by atoms with Crippen LogP contribution in [-0.4, -0.2) is 53.0 Å². The first-order valence-electron chi connectivity index (χ1n) is 7.46. The van der Waals surface area contributed by atoms with Crippen LogP contribution in [0.1, 0.15) is 46.0 Å². The van der Waals surface area contributed by atoms with Crippen molar-refractivity contribution >= 4 is 33.8 Å². The van der Waals surface area contributed by atoms with Crippen LogP contribution in [0.2, 0.25) is 0 Å². The Bertz CT molecular complexity index is 630. The minimum absolute atomic E-state index is 0.0256. The Morgan fingerprint density at radius 3 is 2.46 bits per heavy atom. The summed E-state index contributed by atoms with van der Waals surface area (Å²) in [6.45, 7) is 3.45. The van der Waals surface area contributed by atoms with E-state index in [-0.39, 0.29) is 17.9 Å². The molecule has 3 amide bonds. The molecule has 1 fully saturated rings. The fourth-order valence-electron chi connectivity index (χ4n) is 2.02. The van der Waals surface area contributed by atoms with Gasteiger partial charge in [0.25, 0.3) is 21.9 Å². The molecule has 0 aromatic rings. The van der Waals surface area contributed by atoms with E-state index < -0.39 is 51.5 Å². The molecule has 0 aromatic heterocycles. The molecule has 2 N–H and O–H groups in total. The number of hydrogen-bond donors (Lipinski definition) is 2. The Morgan fingerprint density at radius 2 is 2.00 bits per heavy atom. The molecule has 0 spiro atoms. The average molecular weight is 364 g/mol.